The Balaban J connectivity index is 2.16. The number of hydrogen-bond acceptors (Lipinski definition) is 4. The largest absolute Gasteiger partial charge is 0.314 e. The van der Waals surface area contributed by atoms with Crippen LogP contribution >= 0.6 is 11.6 Å². The molecule has 0 amide bonds. The Kier molecular flexibility index (Phi) is 4.07. The van der Waals surface area contributed by atoms with Crippen molar-refractivity contribution in [2.45, 2.75) is 38.5 Å². The van der Waals surface area contributed by atoms with Gasteiger partial charge in [0.1, 0.15) is 17.4 Å². The standard InChI is InChI=1S/C11H16ClN3O2S/c1-9(6-12)7-18(16,17)8-11-14-13-10-4-2-3-5-15(10)11/h6H,2-5,7-8H2,1H3/b9-6+. The van der Waals surface area contributed by atoms with E-state index in [9.17, 15) is 8.42 Å². The number of aromatic nitrogens is 3. The van der Waals surface area contributed by atoms with Crippen molar-refractivity contribution >= 4 is 21.4 Å². The van der Waals surface area contributed by atoms with Crippen molar-refractivity contribution in [3.63, 3.8) is 0 Å². The van der Waals surface area contributed by atoms with E-state index in [1.54, 1.807) is 6.92 Å². The summed E-state index contributed by atoms with van der Waals surface area (Å²) in [6.45, 7) is 2.52. The molecule has 0 aromatic carbocycles. The van der Waals surface area contributed by atoms with E-state index in [0.717, 1.165) is 31.6 Å². The van der Waals surface area contributed by atoms with Crippen LogP contribution < -0.4 is 0 Å². The monoisotopic (exact) mass is 289 g/mol. The highest BCUT2D eigenvalue weighted by atomic mass is 35.5. The molecule has 0 saturated carbocycles. The van der Waals surface area contributed by atoms with E-state index in [4.69, 9.17) is 11.6 Å². The van der Waals surface area contributed by atoms with Gasteiger partial charge >= 0.3 is 0 Å². The van der Waals surface area contributed by atoms with Gasteiger partial charge in [-0.1, -0.05) is 11.6 Å². The summed E-state index contributed by atoms with van der Waals surface area (Å²) in [5, 5.41) is 8.05. The van der Waals surface area contributed by atoms with Gasteiger partial charge in [0.25, 0.3) is 0 Å². The van der Waals surface area contributed by atoms with Gasteiger partial charge in [0.2, 0.25) is 0 Å². The van der Waals surface area contributed by atoms with Crippen LogP contribution in [0.25, 0.3) is 0 Å². The van der Waals surface area contributed by atoms with E-state index in [1.807, 2.05) is 4.57 Å². The summed E-state index contributed by atoms with van der Waals surface area (Å²) in [5.74, 6) is 1.35. The van der Waals surface area contributed by atoms with Crippen molar-refractivity contribution in [1.29, 1.82) is 0 Å². The molecule has 0 fully saturated rings. The van der Waals surface area contributed by atoms with Crippen LogP contribution in [0.1, 0.15) is 31.4 Å². The first-order valence-electron chi connectivity index (χ1n) is 5.89. The minimum atomic E-state index is -3.23. The maximum atomic E-state index is 12.0. The highest BCUT2D eigenvalue weighted by molar-refractivity contribution is 7.90. The third kappa shape index (κ3) is 3.11. The molecule has 0 unspecified atom stereocenters. The van der Waals surface area contributed by atoms with Crippen LogP contribution in [-0.2, 0) is 28.6 Å². The summed E-state index contributed by atoms with van der Waals surface area (Å²) < 4.78 is 25.9. The van der Waals surface area contributed by atoms with E-state index in [2.05, 4.69) is 10.2 Å². The van der Waals surface area contributed by atoms with Gasteiger partial charge in [0.15, 0.2) is 9.84 Å². The highest BCUT2D eigenvalue weighted by Gasteiger charge is 2.21. The van der Waals surface area contributed by atoms with Crippen LogP contribution in [0.4, 0.5) is 0 Å². The number of fused-ring (bicyclic) bond motifs is 1. The van der Waals surface area contributed by atoms with Crippen molar-refractivity contribution in [2.75, 3.05) is 5.75 Å². The first-order chi connectivity index (χ1) is 8.52. The fourth-order valence-corrected chi connectivity index (χ4v) is 3.76. The highest BCUT2D eigenvalue weighted by Crippen LogP contribution is 2.16. The zero-order valence-electron chi connectivity index (χ0n) is 10.3. The lowest BCUT2D eigenvalue weighted by atomic mass is 10.2. The lowest BCUT2D eigenvalue weighted by Crippen LogP contribution is -2.17. The van der Waals surface area contributed by atoms with Gasteiger partial charge in [-0.2, -0.15) is 0 Å². The molecule has 0 atom stereocenters. The van der Waals surface area contributed by atoms with Crippen molar-refractivity contribution in [3.05, 3.63) is 22.8 Å². The molecule has 1 aromatic heterocycles. The quantitative estimate of drug-likeness (QED) is 0.846. The molecule has 1 aromatic rings. The van der Waals surface area contributed by atoms with Crippen molar-refractivity contribution in [3.8, 4) is 0 Å². The predicted octanol–water partition coefficient (Wildman–Crippen LogP) is 1.67. The number of nitrogens with zero attached hydrogens (tertiary/aromatic N) is 3. The molecular formula is C11H16ClN3O2S. The smallest absolute Gasteiger partial charge is 0.161 e. The Labute approximate surface area is 112 Å². The second-order valence-corrected chi connectivity index (χ2v) is 6.91. The molecule has 7 heteroatoms. The number of halogens is 1. The van der Waals surface area contributed by atoms with Gasteiger partial charge < -0.3 is 4.57 Å². The Hall–Kier alpha value is -0.880. The molecule has 0 saturated heterocycles. The first-order valence-corrected chi connectivity index (χ1v) is 8.15. The molecular weight excluding hydrogens is 274 g/mol. The number of aryl methyl sites for hydroxylation is 1. The SMILES string of the molecule is C/C(=C\Cl)CS(=O)(=O)Cc1nnc2n1CCCC2. The van der Waals surface area contributed by atoms with Gasteiger partial charge in [-0.25, -0.2) is 8.42 Å². The van der Waals surface area contributed by atoms with Crippen LogP contribution in [-0.4, -0.2) is 28.9 Å². The molecule has 1 aliphatic rings. The predicted molar refractivity (Wildman–Crippen MR) is 70.1 cm³/mol. The first kappa shape index (κ1) is 13.5. The maximum absolute atomic E-state index is 12.0. The second kappa shape index (κ2) is 5.40. The van der Waals surface area contributed by atoms with Crippen molar-refractivity contribution in [1.82, 2.24) is 14.8 Å². The lowest BCUT2D eigenvalue weighted by Gasteiger charge is -2.14. The van der Waals surface area contributed by atoms with Crippen LogP contribution in [0, 0.1) is 0 Å². The third-order valence-electron chi connectivity index (χ3n) is 2.92. The molecule has 2 heterocycles. The van der Waals surface area contributed by atoms with Gasteiger partial charge in [-0.15, -0.1) is 10.2 Å². The van der Waals surface area contributed by atoms with Crippen LogP contribution in [0.5, 0.6) is 0 Å². The fraction of sp³-hybridized carbons (Fsp3) is 0.636. The van der Waals surface area contributed by atoms with Crippen LogP contribution in [0.3, 0.4) is 0 Å². The van der Waals surface area contributed by atoms with Crippen LogP contribution in [0.15, 0.2) is 11.1 Å². The second-order valence-electron chi connectivity index (χ2n) is 4.63. The van der Waals surface area contributed by atoms with Gasteiger partial charge in [0, 0.05) is 18.5 Å². The third-order valence-corrected chi connectivity index (χ3v) is 4.88. The minimum absolute atomic E-state index is 0.0291. The molecule has 100 valence electrons. The molecule has 0 spiro atoms. The number of sulfone groups is 1. The summed E-state index contributed by atoms with van der Waals surface area (Å²) in [7, 11) is -3.23. The topological polar surface area (TPSA) is 64.8 Å². The number of rotatable bonds is 4. The summed E-state index contributed by atoms with van der Waals surface area (Å²) in [4.78, 5) is 0. The average molecular weight is 290 g/mol. The van der Waals surface area contributed by atoms with E-state index in [1.165, 1.54) is 5.54 Å². The molecule has 0 bridgehead atoms. The Morgan fingerprint density at radius 1 is 1.44 bits per heavy atom. The van der Waals surface area contributed by atoms with Gasteiger partial charge in [-0.05, 0) is 25.3 Å². The summed E-state index contributed by atoms with van der Waals surface area (Å²) in [6, 6.07) is 0. The Bertz CT molecular complexity index is 563. The zero-order chi connectivity index (χ0) is 13.2. The fourth-order valence-electron chi connectivity index (χ4n) is 2.10. The molecule has 2 rings (SSSR count). The maximum Gasteiger partial charge on any atom is 0.161 e. The summed E-state index contributed by atoms with van der Waals surface area (Å²) >= 11 is 5.50. The summed E-state index contributed by atoms with van der Waals surface area (Å²) in [5.41, 5.74) is 1.94. The molecule has 18 heavy (non-hydrogen) atoms. The van der Waals surface area contributed by atoms with E-state index < -0.39 is 9.84 Å². The van der Waals surface area contributed by atoms with E-state index >= 15 is 0 Å². The van der Waals surface area contributed by atoms with Crippen molar-refractivity contribution < 1.29 is 8.42 Å². The molecule has 1 aliphatic heterocycles. The lowest BCUT2D eigenvalue weighted by molar-refractivity contribution is 0.511. The molecule has 0 radical (unpaired) electrons. The average Bonchev–Trinajstić information content (AvgIpc) is 2.71. The minimum Gasteiger partial charge on any atom is -0.314 e. The number of hydrogen-bond donors (Lipinski definition) is 0. The summed E-state index contributed by atoms with van der Waals surface area (Å²) in [6.07, 6.45) is 3.03. The van der Waals surface area contributed by atoms with Crippen molar-refractivity contribution in [2.24, 2.45) is 0 Å². The van der Waals surface area contributed by atoms with Gasteiger partial charge in [-0.3, -0.25) is 0 Å². The molecule has 0 aliphatic carbocycles. The Morgan fingerprint density at radius 2 is 2.22 bits per heavy atom. The molecule has 0 N–H and O–H groups in total. The zero-order valence-corrected chi connectivity index (χ0v) is 11.8. The molecule has 5 nitrogen and oxygen atoms in total. The van der Waals surface area contributed by atoms with E-state index in [0.29, 0.717) is 11.4 Å². The van der Waals surface area contributed by atoms with E-state index in [-0.39, 0.29) is 11.5 Å². The normalized spacial score (nSPS) is 16.7. The van der Waals surface area contributed by atoms with Gasteiger partial charge in [0.05, 0.1) is 5.75 Å². The Morgan fingerprint density at radius 3 is 2.94 bits per heavy atom. The van der Waals surface area contributed by atoms with Crippen LogP contribution in [0.2, 0.25) is 0 Å².